The third kappa shape index (κ3) is 2.91. The van der Waals surface area contributed by atoms with Crippen LogP contribution < -0.4 is 15.5 Å². The van der Waals surface area contributed by atoms with Gasteiger partial charge in [0, 0.05) is 44.8 Å². The van der Waals surface area contributed by atoms with Gasteiger partial charge in [-0.3, -0.25) is 15.0 Å². The van der Waals surface area contributed by atoms with E-state index in [9.17, 15) is 4.79 Å². The van der Waals surface area contributed by atoms with Crippen LogP contribution in [0.4, 0.5) is 5.82 Å². The van der Waals surface area contributed by atoms with Crippen molar-refractivity contribution in [2.75, 3.05) is 31.1 Å². The number of hydrogen-bond acceptors (Lipinski definition) is 5. The van der Waals surface area contributed by atoms with Crippen LogP contribution in [0.2, 0.25) is 0 Å². The minimum Gasteiger partial charge on any atom is -0.354 e. The highest BCUT2D eigenvalue weighted by Crippen LogP contribution is 2.14. The Morgan fingerprint density at radius 2 is 2.05 bits per heavy atom. The predicted octanol–water partition coefficient (Wildman–Crippen LogP) is -0.0148. The average molecular weight is 275 g/mol. The monoisotopic (exact) mass is 275 g/mol. The average Bonchev–Trinajstić information content (AvgIpc) is 2.47. The van der Waals surface area contributed by atoms with E-state index >= 15 is 0 Å². The molecule has 0 aliphatic carbocycles. The second kappa shape index (κ2) is 5.76. The van der Waals surface area contributed by atoms with E-state index in [-0.39, 0.29) is 18.2 Å². The van der Waals surface area contributed by atoms with Crippen molar-refractivity contribution in [2.45, 2.75) is 25.7 Å². The molecule has 2 saturated heterocycles. The van der Waals surface area contributed by atoms with Gasteiger partial charge in [-0.2, -0.15) is 0 Å². The Hall–Kier alpha value is -1.66. The van der Waals surface area contributed by atoms with Crippen LogP contribution >= 0.6 is 0 Å². The van der Waals surface area contributed by atoms with Crippen molar-refractivity contribution in [3.05, 3.63) is 24.4 Å². The molecule has 2 aliphatic heterocycles. The molecule has 1 aromatic heterocycles. The summed E-state index contributed by atoms with van der Waals surface area (Å²) in [5.74, 6) is 1.16. The van der Waals surface area contributed by atoms with E-state index in [1.807, 2.05) is 24.4 Å². The number of carbonyl (C=O) groups is 1. The number of anilines is 1. The van der Waals surface area contributed by atoms with E-state index in [0.29, 0.717) is 6.42 Å². The Bertz CT molecular complexity index is 458. The fourth-order valence-corrected chi connectivity index (χ4v) is 2.81. The van der Waals surface area contributed by atoms with Gasteiger partial charge in [0.05, 0.1) is 0 Å². The molecule has 0 bridgehead atoms. The van der Waals surface area contributed by atoms with Gasteiger partial charge in [-0.25, -0.2) is 4.98 Å². The van der Waals surface area contributed by atoms with Gasteiger partial charge < -0.3 is 10.2 Å². The molecule has 20 heavy (non-hydrogen) atoms. The Morgan fingerprint density at radius 3 is 2.70 bits per heavy atom. The summed E-state index contributed by atoms with van der Waals surface area (Å²) in [6.45, 7) is 5.75. The molecule has 6 heteroatoms. The third-order valence-corrected chi connectivity index (χ3v) is 3.88. The SMILES string of the molecule is CC1CC(=O)NC(N2CCN(c3ccccn3)CC2)N1. The van der Waals surface area contributed by atoms with Crippen LogP contribution in [-0.4, -0.2) is 54.3 Å². The van der Waals surface area contributed by atoms with Crippen LogP contribution in [0, 0.1) is 0 Å². The molecule has 3 heterocycles. The zero-order valence-electron chi connectivity index (χ0n) is 11.7. The molecule has 6 nitrogen and oxygen atoms in total. The number of hydrogen-bond donors (Lipinski definition) is 2. The molecule has 0 radical (unpaired) electrons. The van der Waals surface area contributed by atoms with Crippen molar-refractivity contribution in [3.63, 3.8) is 0 Å². The molecule has 2 unspecified atom stereocenters. The van der Waals surface area contributed by atoms with Crippen LogP contribution in [0.3, 0.4) is 0 Å². The molecule has 1 amide bonds. The van der Waals surface area contributed by atoms with Gasteiger partial charge in [-0.05, 0) is 19.1 Å². The molecule has 0 aromatic carbocycles. The lowest BCUT2D eigenvalue weighted by molar-refractivity contribution is -0.126. The molecule has 2 N–H and O–H groups in total. The minimum atomic E-state index is -0.0304. The third-order valence-electron chi connectivity index (χ3n) is 3.88. The van der Waals surface area contributed by atoms with E-state index < -0.39 is 0 Å². The van der Waals surface area contributed by atoms with Gasteiger partial charge in [0.15, 0.2) is 0 Å². The molecule has 2 fully saturated rings. The lowest BCUT2D eigenvalue weighted by Crippen LogP contribution is -2.66. The zero-order chi connectivity index (χ0) is 13.9. The fourth-order valence-electron chi connectivity index (χ4n) is 2.81. The van der Waals surface area contributed by atoms with Gasteiger partial charge in [-0.1, -0.05) is 6.07 Å². The fraction of sp³-hybridized carbons (Fsp3) is 0.571. The summed E-state index contributed by atoms with van der Waals surface area (Å²) in [5, 5.41) is 6.44. The standard InChI is InChI=1S/C14H21N5O/c1-11-10-13(20)17-14(16-11)19-8-6-18(7-9-19)12-4-2-3-5-15-12/h2-5,11,14,16H,6-10H2,1H3,(H,17,20). The molecule has 1 aromatic rings. The Labute approximate surface area is 119 Å². The zero-order valence-corrected chi connectivity index (χ0v) is 11.7. The normalized spacial score (nSPS) is 28.2. The number of piperazine rings is 1. The van der Waals surface area contributed by atoms with Gasteiger partial charge in [0.2, 0.25) is 5.91 Å². The molecular weight excluding hydrogens is 254 g/mol. The highest BCUT2D eigenvalue weighted by atomic mass is 16.2. The first-order valence-corrected chi connectivity index (χ1v) is 7.18. The van der Waals surface area contributed by atoms with Crippen LogP contribution in [0.25, 0.3) is 0 Å². The first-order chi connectivity index (χ1) is 9.72. The van der Waals surface area contributed by atoms with E-state index in [0.717, 1.165) is 32.0 Å². The second-order valence-corrected chi connectivity index (χ2v) is 5.45. The molecule has 2 aliphatic rings. The highest BCUT2D eigenvalue weighted by molar-refractivity contribution is 5.77. The minimum absolute atomic E-state index is 0.0304. The number of nitrogens with zero attached hydrogens (tertiary/aromatic N) is 3. The smallest absolute Gasteiger partial charge is 0.223 e. The number of pyridine rings is 1. The Kier molecular flexibility index (Phi) is 3.84. The summed E-state index contributed by atoms with van der Waals surface area (Å²) in [6, 6.07) is 6.22. The summed E-state index contributed by atoms with van der Waals surface area (Å²) in [6.07, 6.45) is 2.36. The van der Waals surface area contributed by atoms with Crippen molar-refractivity contribution in [2.24, 2.45) is 0 Å². The van der Waals surface area contributed by atoms with Gasteiger partial charge in [-0.15, -0.1) is 0 Å². The molecule has 0 saturated carbocycles. The van der Waals surface area contributed by atoms with Crippen molar-refractivity contribution in [1.82, 2.24) is 20.5 Å². The van der Waals surface area contributed by atoms with E-state index in [1.54, 1.807) is 0 Å². The van der Waals surface area contributed by atoms with Crippen molar-refractivity contribution in [1.29, 1.82) is 0 Å². The first kappa shape index (κ1) is 13.3. The highest BCUT2D eigenvalue weighted by Gasteiger charge is 2.29. The van der Waals surface area contributed by atoms with E-state index in [2.05, 4.69) is 32.3 Å². The Balaban J connectivity index is 1.57. The summed E-state index contributed by atoms with van der Waals surface area (Å²) in [7, 11) is 0. The summed E-state index contributed by atoms with van der Waals surface area (Å²) in [5.41, 5.74) is 0. The maximum absolute atomic E-state index is 11.6. The first-order valence-electron chi connectivity index (χ1n) is 7.18. The summed E-state index contributed by atoms with van der Waals surface area (Å²) in [4.78, 5) is 20.6. The molecule has 2 atom stereocenters. The predicted molar refractivity (Wildman–Crippen MR) is 77.2 cm³/mol. The largest absolute Gasteiger partial charge is 0.354 e. The van der Waals surface area contributed by atoms with Crippen LogP contribution in [0.15, 0.2) is 24.4 Å². The second-order valence-electron chi connectivity index (χ2n) is 5.45. The maximum atomic E-state index is 11.6. The molecule has 0 spiro atoms. The van der Waals surface area contributed by atoms with E-state index in [4.69, 9.17) is 0 Å². The van der Waals surface area contributed by atoms with Gasteiger partial charge in [0.25, 0.3) is 0 Å². The van der Waals surface area contributed by atoms with Gasteiger partial charge in [0.1, 0.15) is 12.1 Å². The maximum Gasteiger partial charge on any atom is 0.223 e. The quantitative estimate of drug-likeness (QED) is 0.795. The molecule has 108 valence electrons. The number of rotatable bonds is 2. The van der Waals surface area contributed by atoms with Crippen LogP contribution in [-0.2, 0) is 4.79 Å². The van der Waals surface area contributed by atoms with E-state index in [1.165, 1.54) is 0 Å². The number of aromatic nitrogens is 1. The number of nitrogens with one attached hydrogen (secondary N) is 2. The topological polar surface area (TPSA) is 60.5 Å². The molecule has 3 rings (SSSR count). The van der Waals surface area contributed by atoms with Crippen molar-refractivity contribution in [3.8, 4) is 0 Å². The lowest BCUT2D eigenvalue weighted by atomic mass is 10.2. The summed E-state index contributed by atoms with van der Waals surface area (Å²) < 4.78 is 0. The summed E-state index contributed by atoms with van der Waals surface area (Å²) >= 11 is 0. The van der Waals surface area contributed by atoms with Crippen LogP contribution in [0.1, 0.15) is 13.3 Å². The lowest BCUT2D eigenvalue weighted by Gasteiger charge is -2.42. The number of amides is 1. The Morgan fingerprint density at radius 1 is 1.25 bits per heavy atom. The molecular formula is C14H21N5O. The number of carbonyl (C=O) groups excluding carboxylic acids is 1. The van der Waals surface area contributed by atoms with Crippen LogP contribution in [0.5, 0.6) is 0 Å². The van der Waals surface area contributed by atoms with Crippen molar-refractivity contribution >= 4 is 11.7 Å². The van der Waals surface area contributed by atoms with Crippen molar-refractivity contribution < 1.29 is 4.79 Å². The van der Waals surface area contributed by atoms with Gasteiger partial charge >= 0.3 is 0 Å².